The Hall–Kier alpha value is -0.810. The molecule has 1 saturated carbocycles. The molecule has 3 rings (SSSR count). The van der Waals surface area contributed by atoms with Gasteiger partial charge in [-0.1, -0.05) is 0 Å². The van der Waals surface area contributed by atoms with Gasteiger partial charge in [-0.3, -0.25) is 4.90 Å². The molecule has 1 N–H and O–H groups in total. The zero-order chi connectivity index (χ0) is 13.2. The fourth-order valence-electron chi connectivity index (χ4n) is 4.12. The van der Waals surface area contributed by atoms with Crippen molar-refractivity contribution >= 4 is 6.09 Å². The van der Waals surface area contributed by atoms with Crippen LogP contribution in [0.1, 0.15) is 32.1 Å². The Kier molecular flexibility index (Phi) is 3.93. The van der Waals surface area contributed by atoms with Crippen LogP contribution in [0.15, 0.2) is 0 Å². The lowest BCUT2D eigenvalue weighted by Gasteiger charge is -2.49. The standard InChI is InChI=1S/C14H25N3O2/c1-19-14(18)17-10-7-15-13-11(5-4-6-12(13)17)16-8-2-3-9-16/h11-13,15H,2-10H2,1H3/t11-,12+,13-/m0/s1. The Bertz CT molecular complexity index is 331. The molecule has 19 heavy (non-hydrogen) atoms. The van der Waals surface area contributed by atoms with Crippen LogP contribution in [0.2, 0.25) is 0 Å². The summed E-state index contributed by atoms with van der Waals surface area (Å²) in [6, 6.07) is 1.36. The number of piperazine rings is 1. The van der Waals surface area contributed by atoms with Gasteiger partial charge in [0.2, 0.25) is 0 Å². The number of ether oxygens (including phenoxy) is 1. The first-order chi connectivity index (χ1) is 9.31. The molecule has 0 aromatic carbocycles. The second-order valence-electron chi connectivity index (χ2n) is 5.95. The van der Waals surface area contributed by atoms with Crippen molar-refractivity contribution in [3.05, 3.63) is 0 Å². The summed E-state index contributed by atoms with van der Waals surface area (Å²) in [5.74, 6) is 0. The Morgan fingerprint density at radius 3 is 2.58 bits per heavy atom. The minimum absolute atomic E-state index is 0.154. The highest BCUT2D eigenvalue weighted by Gasteiger charge is 2.43. The van der Waals surface area contributed by atoms with Crippen LogP contribution in [0, 0.1) is 0 Å². The van der Waals surface area contributed by atoms with Gasteiger partial charge in [0.1, 0.15) is 0 Å². The lowest BCUT2D eigenvalue weighted by molar-refractivity contribution is 0.0286. The first kappa shape index (κ1) is 13.2. The van der Waals surface area contributed by atoms with Gasteiger partial charge in [-0.2, -0.15) is 0 Å². The molecule has 1 amide bonds. The summed E-state index contributed by atoms with van der Waals surface area (Å²) in [4.78, 5) is 16.5. The van der Waals surface area contributed by atoms with E-state index in [9.17, 15) is 4.79 Å². The summed E-state index contributed by atoms with van der Waals surface area (Å²) < 4.78 is 4.95. The van der Waals surface area contributed by atoms with Gasteiger partial charge < -0.3 is 15.0 Å². The highest BCUT2D eigenvalue weighted by molar-refractivity contribution is 5.68. The Labute approximate surface area is 115 Å². The minimum atomic E-state index is -0.154. The van der Waals surface area contributed by atoms with E-state index in [0.29, 0.717) is 18.1 Å². The maximum absolute atomic E-state index is 11.9. The van der Waals surface area contributed by atoms with E-state index in [4.69, 9.17) is 4.74 Å². The molecule has 2 saturated heterocycles. The van der Waals surface area contributed by atoms with Crippen molar-refractivity contribution in [3.63, 3.8) is 0 Å². The normalized spacial score (nSPS) is 36.1. The van der Waals surface area contributed by atoms with Gasteiger partial charge in [0.05, 0.1) is 13.2 Å². The largest absolute Gasteiger partial charge is 0.453 e. The van der Waals surface area contributed by atoms with Crippen LogP contribution in [0.3, 0.4) is 0 Å². The number of carbonyl (C=O) groups excluding carboxylic acids is 1. The van der Waals surface area contributed by atoms with E-state index in [0.717, 1.165) is 19.5 Å². The summed E-state index contributed by atoms with van der Waals surface area (Å²) in [6.07, 6.45) is 6.10. The van der Waals surface area contributed by atoms with Crippen molar-refractivity contribution in [2.45, 2.75) is 50.2 Å². The summed E-state index contributed by atoms with van der Waals surface area (Å²) >= 11 is 0. The van der Waals surface area contributed by atoms with Gasteiger partial charge in [0.25, 0.3) is 0 Å². The van der Waals surface area contributed by atoms with E-state index in [1.54, 1.807) is 0 Å². The average Bonchev–Trinajstić information content (AvgIpc) is 2.99. The van der Waals surface area contributed by atoms with Crippen LogP contribution in [-0.2, 0) is 4.74 Å². The number of fused-ring (bicyclic) bond motifs is 1. The highest BCUT2D eigenvalue weighted by Crippen LogP contribution is 2.31. The summed E-state index contributed by atoms with van der Waals surface area (Å²) in [5, 5.41) is 3.67. The van der Waals surface area contributed by atoms with E-state index >= 15 is 0 Å². The molecule has 1 aliphatic carbocycles. The molecule has 108 valence electrons. The number of rotatable bonds is 1. The van der Waals surface area contributed by atoms with Gasteiger partial charge in [0, 0.05) is 25.2 Å². The fraction of sp³-hybridized carbons (Fsp3) is 0.929. The van der Waals surface area contributed by atoms with Gasteiger partial charge in [-0.05, 0) is 45.2 Å². The van der Waals surface area contributed by atoms with Crippen LogP contribution in [0.5, 0.6) is 0 Å². The topological polar surface area (TPSA) is 44.8 Å². The molecule has 3 fully saturated rings. The Morgan fingerprint density at radius 1 is 1.11 bits per heavy atom. The fourth-order valence-corrected chi connectivity index (χ4v) is 4.12. The molecule has 2 heterocycles. The molecule has 5 nitrogen and oxygen atoms in total. The maximum atomic E-state index is 11.9. The quantitative estimate of drug-likeness (QED) is 0.771. The van der Waals surface area contributed by atoms with E-state index in [1.165, 1.54) is 45.9 Å². The number of amides is 1. The molecule has 0 aromatic heterocycles. The monoisotopic (exact) mass is 267 g/mol. The number of carbonyl (C=O) groups is 1. The molecular weight excluding hydrogens is 242 g/mol. The molecule has 2 aliphatic heterocycles. The van der Waals surface area contributed by atoms with E-state index in [-0.39, 0.29) is 6.09 Å². The maximum Gasteiger partial charge on any atom is 0.409 e. The minimum Gasteiger partial charge on any atom is -0.453 e. The van der Waals surface area contributed by atoms with Crippen molar-refractivity contribution < 1.29 is 9.53 Å². The lowest BCUT2D eigenvalue weighted by Crippen LogP contribution is -2.67. The SMILES string of the molecule is COC(=O)N1CCN[C@@H]2[C@H]1CCC[C@@H]2N1CCCC1. The number of nitrogens with one attached hydrogen (secondary N) is 1. The van der Waals surface area contributed by atoms with Crippen LogP contribution in [0.4, 0.5) is 4.79 Å². The molecule has 0 aromatic rings. The van der Waals surface area contributed by atoms with E-state index < -0.39 is 0 Å². The van der Waals surface area contributed by atoms with Crippen LogP contribution >= 0.6 is 0 Å². The zero-order valence-corrected chi connectivity index (χ0v) is 11.8. The third-order valence-corrected chi connectivity index (χ3v) is 4.98. The molecule has 3 aliphatic rings. The Morgan fingerprint density at radius 2 is 1.84 bits per heavy atom. The number of hydrogen-bond donors (Lipinski definition) is 1. The van der Waals surface area contributed by atoms with Gasteiger partial charge >= 0.3 is 6.09 Å². The second-order valence-corrected chi connectivity index (χ2v) is 5.95. The van der Waals surface area contributed by atoms with E-state index in [1.807, 2.05) is 4.90 Å². The van der Waals surface area contributed by atoms with Crippen molar-refractivity contribution in [2.24, 2.45) is 0 Å². The molecule has 0 bridgehead atoms. The average molecular weight is 267 g/mol. The predicted octanol–water partition coefficient (Wildman–Crippen LogP) is 1.04. The summed E-state index contributed by atoms with van der Waals surface area (Å²) in [7, 11) is 1.49. The molecule has 0 unspecified atom stereocenters. The molecule has 5 heteroatoms. The highest BCUT2D eigenvalue weighted by atomic mass is 16.5. The predicted molar refractivity (Wildman–Crippen MR) is 73.1 cm³/mol. The summed E-state index contributed by atoms with van der Waals surface area (Å²) in [5.41, 5.74) is 0. The summed E-state index contributed by atoms with van der Waals surface area (Å²) in [6.45, 7) is 4.13. The van der Waals surface area contributed by atoms with Gasteiger partial charge in [0.15, 0.2) is 0 Å². The van der Waals surface area contributed by atoms with Crippen molar-refractivity contribution in [3.8, 4) is 0 Å². The molecule has 0 radical (unpaired) electrons. The second kappa shape index (κ2) is 5.67. The first-order valence-corrected chi connectivity index (χ1v) is 7.63. The zero-order valence-electron chi connectivity index (χ0n) is 11.8. The van der Waals surface area contributed by atoms with Crippen LogP contribution in [-0.4, -0.2) is 67.3 Å². The number of hydrogen-bond acceptors (Lipinski definition) is 4. The van der Waals surface area contributed by atoms with Crippen molar-refractivity contribution in [2.75, 3.05) is 33.3 Å². The lowest BCUT2D eigenvalue weighted by atomic mass is 9.83. The van der Waals surface area contributed by atoms with Crippen molar-refractivity contribution in [1.82, 2.24) is 15.1 Å². The van der Waals surface area contributed by atoms with Gasteiger partial charge in [-0.25, -0.2) is 4.79 Å². The number of nitrogens with zero attached hydrogens (tertiary/aromatic N) is 2. The van der Waals surface area contributed by atoms with Gasteiger partial charge in [-0.15, -0.1) is 0 Å². The molecular formula is C14H25N3O2. The Balaban J connectivity index is 1.74. The third-order valence-electron chi connectivity index (χ3n) is 4.98. The van der Waals surface area contributed by atoms with Crippen LogP contribution in [0.25, 0.3) is 0 Å². The number of methoxy groups -OCH3 is 1. The van der Waals surface area contributed by atoms with Crippen molar-refractivity contribution in [1.29, 1.82) is 0 Å². The smallest absolute Gasteiger partial charge is 0.409 e. The van der Waals surface area contributed by atoms with Crippen LogP contribution < -0.4 is 5.32 Å². The number of likely N-dealkylation sites (tertiary alicyclic amines) is 1. The van der Waals surface area contributed by atoms with E-state index in [2.05, 4.69) is 10.2 Å². The third kappa shape index (κ3) is 2.46. The molecule has 3 atom stereocenters. The molecule has 0 spiro atoms. The first-order valence-electron chi connectivity index (χ1n) is 7.63.